The van der Waals surface area contributed by atoms with Crippen molar-refractivity contribution >= 4 is 29.5 Å². The van der Waals surface area contributed by atoms with E-state index in [1.54, 1.807) is 18.7 Å². The summed E-state index contributed by atoms with van der Waals surface area (Å²) < 4.78 is 15.2. The van der Waals surface area contributed by atoms with Crippen LogP contribution in [0.3, 0.4) is 0 Å². The third-order valence-corrected chi connectivity index (χ3v) is 5.29. The number of benzene rings is 1. The summed E-state index contributed by atoms with van der Waals surface area (Å²) >= 11 is 0. The molecule has 0 atom stereocenters. The predicted octanol–water partition coefficient (Wildman–Crippen LogP) is 3.38. The number of hydrogen-bond donors (Lipinski definition) is 1. The van der Waals surface area contributed by atoms with E-state index in [1.165, 1.54) is 44.6 Å². The van der Waals surface area contributed by atoms with Gasteiger partial charge in [-0.3, -0.25) is 10.1 Å². The minimum atomic E-state index is -1.13. The number of esters is 2. The van der Waals surface area contributed by atoms with Crippen molar-refractivity contribution in [1.29, 1.82) is 0 Å². The van der Waals surface area contributed by atoms with Gasteiger partial charge >= 0.3 is 23.8 Å². The highest BCUT2D eigenvalue weighted by Gasteiger charge is 2.42. The molecule has 0 unspecified atom stereocenters. The van der Waals surface area contributed by atoms with Gasteiger partial charge in [-0.05, 0) is 44.2 Å². The third-order valence-electron chi connectivity index (χ3n) is 5.29. The van der Waals surface area contributed by atoms with Gasteiger partial charge in [0.15, 0.2) is 0 Å². The maximum atomic E-state index is 12.9. The Labute approximate surface area is 187 Å². The molecule has 172 valence electrons. The molecular weight excluding hydrogens is 436 g/mol. The number of carboxylic acids is 1. The van der Waals surface area contributed by atoms with Crippen LogP contribution in [0.15, 0.2) is 63.4 Å². The zero-order valence-corrected chi connectivity index (χ0v) is 18.1. The first-order chi connectivity index (χ1) is 15.6. The molecule has 0 saturated carbocycles. The van der Waals surface area contributed by atoms with E-state index >= 15 is 0 Å². The number of aromatic carboxylic acids is 1. The number of nitrogens with zero attached hydrogens (tertiary/aromatic N) is 2. The molecule has 2 aromatic rings. The van der Waals surface area contributed by atoms with Crippen LogP contribution in [-0.2, 0) is 19.1 Å². The molecule has 3 rings (SSSR count). The van der Waals surface area contributed by atoms with Crippen LogP contribution in [0.5, 0.6) is 0 Å². The Morgan fingerprint density at radius 1 is 0.970 bits per heavy atom. The molecule has 2 heterocycles. The molecule has 1 aliphatic heterocycles. The van der Waals surface area contributed by atoms with E-state index in [2.05, 4.69) is 0 Å². The van der Waals surface area contributed by atoms with Gasteiger partial charge in [0.2, 0.25) is 0 Å². The van der Waals surface area contributed by atoms with Gasteiger partial charge < -0.3 is 23.9 Å². The number of anilines is 1. The fourth-order valence-corrected chi connectivity index (χ4v) is 3.83. The fourth-order valence-electron chi connectivity index (χ4n) is 3.83. The van der Waals surface area contributed by atoms with Crippen molar-refractivity contribution in [3.05, 3.63) is 80.4 Å². The first-order valence-corrected chi connectivity index (χ1v) is 9.58. The van der Waals surface area contributed by atoms with Crippen molar-refractivity contribution in [2.75, 3.05) is 19.1 Å². The minimum Gasteiger partial charge on any atom is -0.478 e. The van der Waals surface area contributed by atoms with E-state index in [-0.39, 0.29) is 22.5 Å². The average molecular weight is 456 g/mol. The Bertz CT molecular complexity index is 1160. The molecule has 11 nitrogen and oxygen atoms in total. The summed E-state index contributed by atoms with van der Waals surface area (Å²) in [6.07, 6.45) is 0. The predicted molar refractivity (Wildman–Crippen MR) is 113 cm³/mol. The second kappa shape index (κ2) is 8.99. The fraction of sp³-hybridized carbons (Fsp3) is 0.227. The molecule has 0 radical (unpaired) electrons. The van der Waals surface area contributed by atoms with Crippen LogP contribution in [0.4, 0.5) is 11.6 Å². The van der Waals surface area contributed by atoms with Crippen LogP contribution in [0, 0.1) is 10.1 Å². The molecule has 0 aliphatic carbocycles. The zero-order valence-electron chi connectivity index (χ0n) is 18.1. The summed E-state index contributed by atoms with van der Waals surface area (Å²) in [4.78, 5) is 48.9. The molecule has 0 bridgehead atoms. The minimum absolute atomic E-state index is 0.00931. The maximum absolute atomic E-state index is 12.9. The molecule has 11 heteroatoms. The molecule has 1 aliphatic rings. The second-order valence-electron chi connectivity index (χ2n) is 7.03. The number of nitro groups is 1. The number of allylic oxidation sites excluding steroid dienone is 2. The van der Waals surface area contributed by atoms with Crippen LogP contribution in [0.25, 0.3) is 0 Å². The SMILES string of the molecule is COC(=O)C1=C(C)N(c2ccc(C(=O)O)cc2)C(C)=C(C(=O)OC)C1c1ccc([N+](=O)[O-])o1. The molecule has 33 heavy (non-hydrogen) atoms. The Hall–Kier alpha value is -4.41. The van der Waals surface area contributed by atoms with Crippen LogP contribution in [-0.4, -0.2) is 42.2 Å². The zero-order chi connectivity index (χ0) is 24.4. The number of furan rings is 1. The van der Waals surface area contributed by atoms with E-state index < -0.39 is 34.6 Å². The van der Waals surface area contributed by atoms with Crippen molar-refractivity contribution in [2.45, 2.75) is 19.8 Å². The summed E-state index contributed by atoms with van der Waals surface area (Å²) in [5, 5.41) is 20.3. The lowest BCUT2D eigenvalue weighted by Crippen LogP contribution is -2.35. The second-order valence-corrected chi connectivity index (χ2v) is 7.03. The van der Waals surface area contributed by atoms with Crippen LogP contribution < -0.4 is 4.90 Å². The van der Waals surface area contributed by atoms with Gasteiger partial charge in [-0.25, -0.2) is 14.4 Å². The lowest BCUT2D eigenvalue weighted by atomic mass is 9.82. The van der Waals surface area contributed by atoms with Gasteiger partial charge in [-0.15, -0.1) is 0 Å². The van der Waals surface area contributed by atoms with Gasteiger partial charge in [0, 0.05) is 17.1 Å². The number of carbonyl (C=O) groups excluding carboxylic acids is 2. The number of methoxy groups -OCH3 is 2. The van der Waals surface area contributed by atoms with Gasteiger partial charge in [0.25, 0.3) is 0 Å². The Morgan fingerprint density at radius 2 is 1.48 bits per heavy atom. The van der Waals surface area contributed by atoms with E-state index in [4.69, 9.17) is 13.9 Å². The van der Waals surface area contributed by atoms with Crippen LogP contribution >= 0.6 is 0 Å². The standard InChI is InChI=1S/C22H20N2O9/c1-11-17(21(27)31-3)19(15-9-10-16(33-15)24(29)30)18(22(28)32-4)12(2)23(11)14-7-5-13(6-8-14)20(25)26/h5-10,19H,1-4H3,(H,25,26). The van der Waals surface area contributed by atoms with Gasteiger partial charge in [-0.2, -0.15) is 0 Å². The lowest BCUT2D eigenvalue weighted by Gasteiger charge is -2.36. The smallest absolute Gasteiger partial charge is 0.433 e. The lowest BCUT2D eigenvalue weighted by molar-refractivity contribution is -0.402. The number of carbonyl (C=O) groups is 3. The molecular formula is C22H20N2O9. The first-order valence-electron chi connectivity index (χ1n) is 9.58. The maximum Gasteiger partial charge on any atom is 0.433 e. The highest BCUT2D eigenvalue weighted by molar-refractivity contribution is 6.01. The van der Waals surface area contributed by atoms with Crippen LogP contribution in [0.1, 0.15) is 35.9 Å². The highest BCUT2D eigenvalue weighted by Crippen LogP contribution is 2.45. The molecule has 0 spiro atoms. The van der Waals surface area contributed by atoms with Gasteiger partial charge in [0.05, 0.1) is 42.9 Å². The van der Waals surface area contributed by atoms with Crippen molar-refractivity contribution < 1.29 is 38.3 Å². The molecule has 1 aromatic carbocycles. The molecule has 1 N–H and O–H groups in total. The van der Waals surface area contributed by atoms with E-state index in [9.17, 15) is 29.6 Å². The quantitative estimate of drug-likeness (QED) is 0.389. The molecule has 0 saturated heterocycles. The Balaban J connectivity index is 2.29. The van der Waals surface area contributed by atoms with E-state index in [0.29, 0.717) is 17.1 Å². The van der Waals surface area contributed by atoms with Crippen molar-refractivity contribution in [2.24, 2.45) is 0 Å². The summed E-state index contributed by atoms with van der Waals surface area (Å²) in [7, 11) is 2.33. The van der Waals surface area contributed by atoms with Gasteiger partial charge in [0.1, 0.15) is 10.7 Å². The van der Waals surface area contributed by atoms with Crippen LogP contribution in [0.2, 0.25) is 0 Å². The summed E-state index contributed by atoms with van der Waals surface area (Å²) in [6, 6.07) is 8.26. The molecule has 0 amide bonds. The van der Waals surface area contributed by atoms with Crippen molar-refractivity contribution in [3.63, 3.8) is 0 Å². The highest BCUT2D eigenvalue weighted by atomic mass is 16.6. The van der Waals surface area contributed by atoms with Crippen molar-refractivity contribution in [3.8, 4) is 0 Å². The largest absolute Gasteiger partial charge is 0.478 e. The number of carboxylic acid groups (broad SMARTS) is 1. The number of hydrogen-bond acceptors (Lipinski definition) is 9. The molecule has 0 fully saturated rings. The monoisotopic (exact) mass is 456 g/mol. The Kier molecular flexibility index (Phi) is 6.33. The normalized spacial score (nSPS) is 14.4. The third kappa shape index (κ3) is 4.07. The summed E-state index contributed by atoms with van der Waals surface area (Å²) in [6.45, 7) is 3.22. The summed E-state index contributed by atoms with van der Waals surface area (Å²) in [5.74, 6) is -4.37. The first kappa shape index (κ1) is 23.3. The molecule has 1 aromatic heterocycles. The van der Waals surface area contributed by atoms with Crippen molar-refractivity contribution in [1.82, 2.24) is 0 Å². The number of rotatable bonds is 6. The van der Waals surface area contributed by atoms with Gasteiger partial charge in [-0.1, -0.05) is 0 Å². The number of ether oxygens (including phenoxy) is 2. The van der Waals surface area contributed by atoms with E-state index in [0.717, 1.165) is 6.07 Å². The average Bonchev–Trinajstić information content (AvgIpc) is 3.28. The topological polar surface area (TPSA) is 149 Å². The Morgan fingerprint density at radius 3 is 1.88 bits per heavy atom. The van der Waals surface area contributed by atoms with E-state index in [1.807, 2.05) is 0 Å². The summed E-state index contributed by atoms with van der Waals surface area (Å²) in [5.41, 5.74) is 1.27.